The molecular formula is C16H23NO3. The smallest absolute Gasteiger partial charge is 0.328 e. The van der Waals surface area contributed by atoms with Crippen LogP contribution in [0.4, 0.5) is 0 Å². The lowest BCUT2D eigenvalue weighted by Crippen LogP contribution is -2.38. The van der Waals surface area contributed by atoms with E-state index in [-0.39, 0.29) is 0 Å². The Balaban J connectivity index is 2.66. The van der Waals surface area contributed by atoms with Gasteiger partial charge in [-0.3, -0.25) is 4.90 Å². The van der Waals surface area contributed by atoms with E-state index in [9.17, 15) is 9.90 Å². The minimum atomic E-state index is -0.948. The molecule has 0 saturated carbocycles. The highest BCUT2D eigenvalue weighted by molar-refractivity contribution is 5.85. The molecular weight excluding hydrogens is 254 g/mol. The standard InChI is InChI=1S/C16H23NO3/c1-4-17(12-16(2,3)20)11-14-7-5-13(6-8-14)9-10-15(18)19/h5-10,20H,4,11-12H2,1-3H3,(H,18,19). The van der Waals surface area contributed by atoms with E-state index in [0.29, 0.717) is 6.54 Å². The molecule has 0 aliphatic carbocycles. The van der Waals surface area contributed by atoms with Gasteiger partial charge in [-0.25, -0.2) is 4.79 Å². The van der Waals surface area contributed by atoms with Crippen LogP contribution < -0.4 is 0 Å². The first-order chi connectivity index (χ1) is 9.30. The molecule has 0 heterocycles. The van der Waals surface area contributed by atoms with Gasteiger partial charge in [0.1, 0.15) is 0 Å². The molecule has 0 amide bonds. The minimum absolute atomic E-state index is 0.615. The van der Waals surface area contributed by atoms with Gasteiger partial charge < -0.3 is 10.2 Å². The summed E-state index contributed by atoms with van der Waals surface area (Å²) in [6.07, 6.45) is 2.70. The van der Waals surface area contributed by atoms with Gasteiger partial charge in [0, 0.05) is 19.2 Å². The molecule has 1 aromatic rings. The van der Waals surface area contributed by atoms with Crippen molar-refractivity contribution in [2.45, 2.75) is 32.9 Å². The van der Waals surface area contributed by atoms with E-state index in [4.69, 9.17) is 5.11 Å². The molecule has 0 aromatic heterocycles. The maximum Gasteiger partial charge on any atom is 0.328 e. The van der Waals surface area contributed by atoms with E-state index >= 15 is 0 Å². The van der Waals surface area contributed by atoms with E-state index in [1.807, 2.05) is 24.3 Å². The topological polar surface area (TPSA) is 60.8 Å². The van der Waals surface area contributed by atoms with E-state index in [0.717, 1.165) is 30.3 Å². The number of benzene rings is 1. The van der Waals surface area contributed by atoms with Crippen molar-refractivity contribution in [1.29, 1.82) is 0 Å². The van der Waals surface area contributed by atoms with Crippen molar-refractivity contribution in [1.82, 2.24) is 4.90 Å². The van der Waals surface area contributed by atoms with Crippen LogP contribution in [0, 0.1) is 0 Å². The van der Waals surface area contributed by atoms with Gasteiger partial charge in [0.15, 0.2) is 0 Å². The van der Waals surface area contributed by atoms with Crippen LogP contribution in [0.3, 0.4) is 0 Å². The quantitative estimate of drug-likeness (QED) is 0.751. The second kappa shape index (κ2) is 7.22. The van der Waals surface area contributed by atoms with Crippen molar-refractivity contribution in [2.75, 3.05) is 13.1 Å². The van der Waals surface area contributed by atoms with Crippen LogP contribution >= 0.6 is 0 Å². The monoisotopic (exact) mass is 277 g/mol. The molecule has 0 radical (unpaired) electrons. The molecule has 0 aliphatic rings. The van der Waals surface area contributed by atoms with Crippen molar-refractivity contribution in [3.05, 3.63) is 41.5 Å². The van der Waals surface area contributed by atoms with Crippen LogP contribution in [-0.2, 0) is 11.3 Å². The average Bonchev–Trinajstić information content (AvgIpc) is 2.35. The Bertz CT molecular complexity index is 458. The molecule has 110 valence electrons. The molecule has 2 N–H and O–H groups in total. The summed E-state index contributed by atoms with van der Waals surface area (Å²) in [5.74, 6) is -0.948. The molecule has 0 aliphatic heterocycles. The van der Waals surface area contributed by atoms with Crippen molar-refractivity contribution < 1.29 is 15.0 Å². The first-order valence-corrected chi connectivity index (χ1v) is 6.75. The number of aliphatic carboxylic acids is 1. The van der Waals surface area contributed by atoms with Crippen molar-refractivity contribution >= 4 is 12.0 Å². The molecule has 0 fully saturated rings. The number of hydrogen-bond donors (Lipinski definition) is 2. The number of rotatable bonds is 7. The zero-order valence-electron chi connectivity index (χ0n) is 12.3. The van der Waals surface area contributed by atoms with Gasteiger partial charge in [-0.1, -0.05) is 31.2 Å². The lowest BCUT2D eigenvalue weighted by atomic mass is 10.1. The molecule has 0 spiro atoms. The zero-order chi connectivity index (χ0) is 15.2. The number of carboxylic acid groups (broad SMARTS) is 1. The third-order valence-electron chi connectivity index (χ3n) is 2.86. The van der Waals surface area contributed by atoms with Gasteiger partial charge in [0.25, 0.3) is 0 Å². The second-order valence-corrected chi connectivity index (χ2v) is 5.53. The van der Waals surface area contributed by atoms with Crippen LogP contribution in [0.1, 0.15) is 31.9 Å². The van der Waals surface area contributed by atoms with Crippen LogP contribution in [0.2, 0.25) is 0 Å². The Morgan fingerprint density at radius 1 is 1.30 bits per heavy atom. The number of nitrogens with zero attached hydrogens (tertiary/aromatic N) is 1. The maximum atomic E-state index is 10.4. The lowest BCUT2D eigenvalue weighted by molar-refractivity contribution is -0.131. The molecule has 1 rings (SSSR count). The summed E-state index contributed by atoms with van der Waals surface area (Å²) >= 11 is 0. The maximum absolute atomic E-state index is 10.4. The highest BCUT2D eigenvalue weighted by atomic mass is 16.4. The number of aliphatic hydroxyl groups is 1. The molecule has 0 unspecified atom stereocenters. The molecule has 20 heavy (non-hydrogen) atoms. The van der Waals surface area contributed by atoms with Crippen molar-refractivity contribution in [3.63, 3.8) is 0 Å². The molecule has 4 nitrogen and oxygen atoms in total. The summed E-state index contributed by atoms with van der Waals surface area (Å²) in [6, 6.07) is 7.75. The number of hydrogen-bond acceptors (Lipinski definition) is 3. The highest BCUT2D eigenvalue weighted by Gasteiger charge is 2.17. The van der Waals surface area contributed by atoms with E-state index < -0.39 is 11.6 Å². The van der Waals surface area contributed by atoms with Crippen LogP contribution in [-0.4, -0.2) is 39.8 Å². The summed E-state index contributed by atoms with van der Waals surface area (Å²) in [6.45, 7) is 7.92. The zero-order valence-corrected chi connectivity index (χ0v) is 12.3. The Labute approximate surface area is 120 Å². The SMILES string of the molecule is CCN(Cc1ccc(C=CC(=O)O)cc1)CC(C)(C)O. The Kier molecular flexibility index (Phi) is 5.92. The molecule has 4 heteroatoms. The Hall–Kier alpha value is -1.65. The van der Waals surface area contributed by atoms with Crippen molar-refractivity contribution in [2.24, 2.45) is 0 Å². The molecule has 0 bridgehead atoms. The van der Waals surface area contributed by atoms with Gasteiger partial charge in [0.05, 0.1) is 5.60 Å². The van der Waals surface area contributed by atoms with Crippen LogP contribution in [0.25, 0.3) is 6.08 Å². The predicted octanol–water partition coefficient (Wildman–Crippen LogP) is 2.38. The third-order valence-corrected chi connectivity index (χ3v) is 2.86. The largest absolute Gasteiger partial charge is 0.478 e. The van der Waals surface area contributed by atoms with Gasteiger partial charge in [-0.15, -0.1) is 0 Å². The summed E-state index contributed by atoms with van der Waals surface area (Å²) in [5.41, 5.74) is 1.30. The summed E-state index contributed by atoms with van der Waals surface area (Å²) in [7, 11) is 0. The van der Waals surface area contributed by atoms with Gasteiger partial charge >= 0.3 is 5.97 Å². The van der Waals surface area contributed by atoms with E-state index in [1.165, 1.54) is 0 Å². The van der Waals surface area contributed by atoms with Crippen LogP contribution in [0.5, 0.6) is 0 Å². The Morgan fingerprint density at radius 3 is 2.35 bits per heavy atom. The van der Waals surface area contributed by atoms with E-state index in [2.05, 4.69) is 11.8 Å². The molecule has 0 atom stereocenters. The molecule has 0 saturated heterocycles. The second-order valence-electron chi connectivity index (χ2n) is 5.53. The fraction of sp³-hybridized carbons (Fsp3) is 0.438. The number of carbonyl (C=O) groups is 1. The van der Waals surface area contributed by atoms with Crippen LogP contribution in [0.15, 0.2) is 30.3 Å². The van der Waals surface area contributed by atoms with Gasteiger partial charge in [-0.05, 0) is 37.6 Å². The first-order valence-electron chi connectivity index (χ1n) is 6.75. The fourth-order valence-electron chi connectivity index (χ4n) is 1.99. The predicted molar refractivity (Wildman–Crippen MR) is 80.4 cm³/mol. The summed E-state index contributed by atoms with van der Waals surface area (Å²) in [4.78, 5) is 12.6. The Morgan fingerprint density at radius 2 is 1.90 bits per heavy atom. The first kappa shape index (κ1) is 16.4. The van der Waals surface area contributed by atoms with Gasteiger partial charge in [0.2, 0.25) is 0 Å². The number of carboxylic acids is 1. The average molecular weight is 277 g/mol. The van der Waals surface area contributed by atoms with Gasteiger partial charge in [-0.2, -0.15) is 0 Å². The fourth-order valence-corrected chi connectivity index (χ4v) is 1.99. The van der Waals surface area contributed by atoms with Crippen molar-refractivity contribution in [3.8, 4) is 0 Å². The van der Waals surface area contributed by atoms with E-state index in [1.54, 1.807) is 19.9 Å². The minimum Gasteiger partial charge on any atom is -0.478 e. The lowest BCUT2D eigenvalue weighted by Gasteiger charge is -2.28. The molecule has 1 aromatic carbocycles. The summed E-state index contributed by atoms with van der Waals surface area (Å²) in [5, 5.41) is 18.4. The highest BCUT2D eigenvalue weighted by Crippen LogP contribution is 2.12. The number of likely N-dealkylation sites (N-methyl/N-ethyl adjacent to an activating group) is 1. The normalized spacial score (nSPS) is 12.2. The summed E-state index contributed by atoms with van der Waals surface area (Å²) < 4.78 is 0. The third kappa shape index (κ3) is 6.50.